The molecule has 0 aliphatic heterocycles. The number of hydrogen-bond donors (Lipinski definition) is 1. The Hall–Kier alpha value is -1.10. The first-order valence-corrected chi connectivity index (χ1v) is 6.79. The molecule has 1 heterocycles. The summed E-state index contributed by atoms with van der Waals surface area (Å²) >= 11 is 6.17. The van der Waals surface area contributed by atoms with Crippen molar-refractivity contribution in [3.8, 4) is 0 Å². The minimum absolute atomic E-state index is 0.271. The molecule has 0 saturated heterocycles. The third kappa shape index (κ3) is 3.26. The Morgan fingerprint density at radius 1 is 1.37 bits per heavy atom. The highest BCUT2D eigenvalue weighted by Gasteiger charge is 2.11. The first-order valence-electron chi connectivity index (χ1n) is 6.41. The molecule has 0 spiro atoms. The van der Waals surface area contributed by atoms with E-state index in [1.165, 1.54) is 0 Å². The Labute approximate surface area is 117 Å². The molecule has 0 aliphatic rings. The second kappa shape index (κ2) is 5.90. The van der Waals surface area contributed by atoms with Gasteiger partial charge in [0.25, 0.3) is 0 Å². The summed E-state index contributed by atoms with van der Waals surface area (Å²) in [7, 11) is 0. The highest BCUT2D eigenvalue weighted by Crippen LogP contribution is 2.26. The molecule has 0 saturated carbocycles. The Morgan fingerprint density at radius 2 is 2.11 bits per heavy atom. The maximum absolute atomic E-state index is 9.15. The SMILES string of the molecule is CC(O)COCc1ccc2c(c1)c(Cl)nn2C(C)C. The molecule has 1 N–H and O–H groups in total. The number of rotatable bonds is 5. The zero-order valence-corrected chi connectivity index (χ0v) is 12.2. The van der Waals surface area contributed by atoms with Crippen LogP contribution in [0.25, 0.3) is 10.9 Å². The van der Waals surface area contributed by atoms with Crippen LogP contribution in [0.1, 0.15) is 32.4 Å². The summed E-state index contributed by atoms with van der Waals surface area (Å²) in [5.74, 6) is 0. The fourth-order valence-electron chi connectivity index (χ4n) is 1.98. The molecule has 5 heteroatoms. The molecule has 2 aromatic rings. The monoisotopic (exact) mass is 282 g/mol. The Morgan fingerprint density at radius 3 is 2.74 bits per heavy atom. The summed E-state index contributed by atoms with van der Waals surface area (Å²) in [5.41, 5.74) is 2.05. The molecule has 1 aromatic carbocycles. The quantitative estimate of drug-likeness (QED) is 0.916. The Kier molecular flexibility index (Phi) is 4.45. The van der Waals surface area contributed by atoms with Gasteiger partial charge in [-0.15, -0.1) is 0 Å². The van der Waals surface area contributed by atoms with Crippen molar-refractivity contribution in [2.45, 2.75) is 39.5 Å². The van der Waals surface area contributed by atoms with Crippen LogP contribution in [0.4, 0.5) is 0 Å². The van der Waals surface area contributed by atoms with Crippen LogP contribution in [-0.4, -0.2) is 27.6 Å². The largest absolute Gasteiger partial charge is 0.391 e. The molecule has 0 amide bonds. The predicted molar refractivity (Wildman–Crippen MR) is 76.5 cm³/mol. The molecule has 2 rings (SSSR count). The summed E-state index contributed by atoms with van der Waals surface area (Å²) in [6.45, 7) is 6.64. The van der Waals surface area contributed by atoms with Crippen LogP contribution in [0.3, 0.4) is 0 Å². The second-order valence-corrected chi connectivity index (χ2v) is 5.40. The van der Waals surface area contributed by atoms with Crippen LogP contribution in [0.2, 0.25) is 5.15 Å². The number of aliphatic hydroxyl groups excluding tert-OH is 1. The van der Waals surface area contributed by atoms with E-state index in [1.54, 1.807) is 6.92 Å². The van der Waals surface area contributed by atoms with Crippen molar-refractivity contribution in [1.82, 2.24) is 9.78 Å². The normalized spacial score (nSPS) is 13.4. The fourth-order valence-corrected chi connectivity index (χ4v) is 2.21. The van der Waals surface area contributed by atoms with Gasteiger partial charge >= 0.3 is 0 Å². The lowest BCUT2D eigenvalue weighted by molar-refractivity contribution is 0.0376. The van der Waals surface area contributed by atoms with E-state index in [2.05, 4.69) is 18.9 Å². The van der Waals surface area contributed by atoms with Crippen molar-refractivity contribution in [3.63, 3.8) is 0 Å². The zero-order valence-electron chi connectivity index (χ0n) is 11.4. The molecule has 0 aliphatic carbocycles. The standard InChI is InChI=1S/C14H19ClN2O2/c1-9(2)17-13-5-4-11(8-19-7-10(3)18)6-12(13)14(15)16-17/h4-6,9-10,18H,7-8H2,1-3H3. The molecule has 1 aromatic heterocycles. The minimum atomic E-state index is -0.448. The highest BCUT2D eigenvalue weighted by molar-refractivity contribution is 6.34. The van der Waals surface area contributed by atoms with Gasteiger partial charge in [-0.2, -0.15) is 5.10 Å². The molecule has 104 valence electrons. The van der Waals surface area contributed by atoms with E-state index < -0.39 is 6.10 Å². The van der Waals surface area contributed by atoms with Gasteiger partial charge in [-0.3, -0.25) is 4.68 Å². The van der Waals surface area contributed by atoms with Crippen LogP contribution in [0.15, 0.2) is 18.2 Å². The lowest BCUT2D eigenvalue weighted by Gasteiger charge is -2.08. The summed E-state index contributed by atoms with van der Waals surface area (Å²) in [5, 5.41) is 14.9. The average Bonchev–Trinajstić information content (AvgIpc) is 2.66. The van der Waals surface area contributed by atoms with Gasteiger partial charge in [-0.25, -0.2) is 0 Å². The van der Waals surface area contributed by atoms with Gasteiger partial charge in [0.1, 0.15) is 0 Å². The zero-order chi connectivity index (χ0) is 14.0. The summed E-state index contributed by atoms with van der Waals surface area (Å²) in [6.07, 6.45) is -0.448. The van der Waals surface area contributed by atoms with Crippen LogP contribution in [0.5, 0.6) is 0 Å². The van der Waals surface area contributed by atoms with Crippen molar-refractivity contribution in [2.24, 2.45) is 0 Å². The molecule has 4 nitrogen and oxygen atoms in total. The van der Waals surface area contributed by atoms with Crippen molar-refractivity contribution >= 4 is 22.5 Å². The average molecular weight is 283 g/mol. The van der Waals surface area contributed by atoms with E-state index in [4.69, 9.17) is 21.4 Å². The third-order valence-electron chi connectivity index (χ3n) is 2.84. The van der Waals surface area contributed by atoms with E-state index in [1.807, 2.05) is 22.9 Å². The molecular formula is C14H19ClN2O2. The van der Waals surface area contributed by atoms with Gasteiger partial charge < -0.3 is 9.84 Å². The van der Waals surface area contributed by atoms with Gasteiger partial charge in [0.2, 0.25) is 0 Å². The van der Waals surface area contributed by atoms with Crippen molar-refractivity contribution in [3.05, 3.63) is 28.9 Å². The van der Waals surface area contributed by atoms with Gasteiger partial charge in [0, 0.05) is 11.4 Å². The number of hydrogen-bond acceptors (Lipinski definition) is 3. The highest BCUT2D eigenvalue weighted by atomic mass is 35.5. The van der Waals surface area contributed by atoms with E-state index in [-0.39, 0.29) is 6.04 Å². The van der Waals surface area contributed by atoms with Gasteiger partial charge in [0.15, 0.2) is 5.15 Å². The third-order valence-corrected chi connectivity index (χ3v) is 3.12. The van der Waals surface area contributed by atoms with E-state index in [9.17, 15) is 0 Å². The lowest BCUT2D eigenvalue weighted by Crippen LogP contribution is -2.10. The van der Waals surface area contributed by atoms with Gasteiger partial charge in [-0.05, 0) is 38.5 Å². The predicted octanol–water partition coefficient (Wildman–Crippen LogP) is 3.17. The second-order valence-electron chi connectivity index (χ2n) is 5.04. The number of halogens is 1. The summed E-state index contributed by atoms with van der Waals surface area (Å²) in [6, 6.07) is 6.27. The van der Waals surface area contributed by atoms with Crippen molar-refractivity contribution in [2.75, 3.05) is 6.61 Å². The van der Waals surface area contributed by atoms with Crippen molar-refractivity contribution < 1.29 is 9.84 Å². The van der Waals surface area contributed by atoms with E-state index in [0.717, 1.165) is 16.5 Å². The van der Waals surface area contributed by atoms with E-state index in [0.29, 0.717) is 18.4 Å². The lowest BCUT2D eigenvalue weighted by atomic mass is 10.1. The van der Waals surface area contributed by atoms with E-state index >= 15 is 0 Å². The summed E-state index contributed by atoms with van der Waals surface area (Å²) < 4.78 is 7.32. The number of ether oxygens (including phenoxy) is 1. The number of nitrogens with zero attached hydrogens (tertiary/aromatic N) is 2. The van der Waals surface area contributed by atoms with Gasteiger partial charge in [0.05, 0.1) is 24.8 Å². The number of aliphatic hydroxyl groups is 1. The maximum Gasteiger partial charge on any atom is 0.158 e. The van der Waals surface area contributed by atoms with Crippen molar-refractivity contribution in [1.29, 1.82) is 0 Å². The van der Waals surface area contributed by atoms with Crippen LogP contribution < -0.4 is 0 Å². The molecule has 0 radical (unpaired) electrons. The molecule has 0 bridgehead atoms. The number of benzene rings is 1. The van der Waals surface area contributed by atoms with Gasteiger partial charge in [-0.1, -0.05) is 17.7 Å². The molecule has 19 heavy (non-hydrogen) atoms. The number of aromatic nitrogens is 2. The fraction of sp³-hybridized carbons (Fsp3) is 0.500. The Balaban J connectivity index is 2.23. The smallest absolute Gasteiger partial charge is 0.158 e. The Bertz CT molecular complexity index is 564. The summed E-state index contributed by atoms with van der Waals surface area (Å²) in [4.78, 5) is 0. The molecule has 1 atom stereocenters. The van der Waals surface area contributed by atoms with Crippen LogP contribution in [-0.2, 0) is 11.3 Å². The van der Waals surface area contributed by atoms with Crippen LogP contribution in [0, 0.1) is 0 Å². The molecular weight excluding hydrogens is 264 g/mol. The maximum atomic E-state index is 9.15. The van der Waals surface area contributed by atoms with Crippen LogP contribution >= 0.6 is 11.6 Å². The molecule has 1 unspecified atom stereocenters. The number of fused-ring (bicyclic) bond motifs is 1. The molecule has 0 fully saturated rings. The first-order chi connectivity index (χ1) is 8.99. The first kappa shape index (κ1) is 14.3. The minimum Gasteiger partial charge on any atom is -0.391 e. The topological polar surface area (TPSA) is 47.3 Å².